The second-order valence-corrected chi connectivity index (χ2v) is 6.08. The van der Waals surface area contributed by atoms with Crippen molar-refractivity contribution in [2.24, 2.45) is 11.8 Å². The highest BCUT2D eigenvalue weighted by molar-refractivity contribution is 5.66. The summed E-state index contributed by atoms with van der Waals surface area (Å²) in [5, 5.41) is 8.84. The number of rotatable bonds is 5. The van der Waals surface area contributed by atoms with Crippen LogP contribution in [0, 0.1) is 11.8 Å². The Labute approximate surface area is 104 Å². The summed E-state index contributed by atoms with van der Waals surface area (Å²) in [6.07, 6.45) is 6.73. The Morgan fingerprint density at radius 1 is 1.24 bits per heavy atom. The van der Waals surface area contributed by atoms with Crippen LogP contribution in [0.1, 0.15) is 52.4 Å². The molecule has 0 heterocycles. The summed E-state index contributed by atoms with van der Waals surface area (Å²) in [5.41, 5.74) is 0. The van der Waals surface area contributed by atoms with E-state index in [-0.39, 0.29) is 0 Å². The molecular weight excluding hydrogens is 214 g/mol. The minimum atomic E-state index is -0.660. The van der Waals surface area contributed by atoms with Crippen LogP contribution < -0.4 is 0 Å². The maximum absolute atomic E-state index is 10.7. The van der Waals surface area contributed by atoms with E-state index in [1.807, 2.05) is 0 Å². The van der Waals surface area contributed by atoms with Crippen LogP contribution in [0.25, 0.3) is 0 Å². The van der Waals surface area contributed by atoms with Crippen molar-refractivity contribution in [3.63, 3.8) is 0 Å². The van der Waals surface area contributed by atoms with Gasteiger partial charge in [0.2, 0.25) is 0 Å². The molecule has 0 aromatic carbocycles. The monoisotopic (exact) mass is 239 g/mol. The van der Waals surface area contributed by atoms with Gasteiger partial charge in [-0.1, -0.05) is 13.8 Å². The number of carboxylic acids is 1. The van der Waals surface area contributed by atoms with Gasteiger partial charge in [0.1, 0.15) is 0 Å². The van der Waals surface area contributed by atoms with E-state index in [0.717, 1.165) is 18.4 Å². The van der Waals surface area contributed by atoms with Gasteiger partial charge in [0.05, 0.1) is 6.42 Å². The lowest BCUT2D eigenvalue weighted by Gasteiger charge is -2.40. The van der Waals surface area contributed by atoms with Crippen molar-refractivity contribution < 1.29 is 9.90 Å². The van der Waals surface area contributed by atoms with Crippen LogP contribution in [0.4, 0.5) is 0 Å². The first-order chi connectivity index (χ1) is 8.08. The van der Waals surface area contributed by atoms with E-state index in [1.165, 1.54) is 32.1 Å². The number of nitrogens with zero attached hydrogens (tertiary/aromatic N) is 1. The third kappa shape index (κ3) is 3.44. The maximum atomic E-state index is 10.7. The predicted molar refractivity (Wildman–Crippen MR) is 67.9 cm³/mol. The van der Waals surface area contributed by atoms with Gasteiger partial charge in [-0.25, -0.2) is 0 Å². The summed E-state index contributed by atoms with van der Waals surface area (Å²) in [6.45, 7) is 5.44. The van der Waals surface area contributed by atoms with Crippen LogP contribution in [0.3, 0.4) is 0 Å². The van der Waals surface area contributed by atoms with Gasteiger partial charge in [-0.05, 0) is 43.9 Å². The summed E-state index contributed by atoms with van der Waals surface area (Å²) in [4.78, 5) is 13.2. The Bertz CT molecular complexity index is 275. The molecule has 0 amide bonds. The van der Waals surface area contributed by atoms with Gasteiger partial charge in [-0.2, -0.15) is 0 Å². The van der Waals surface area contributed by atoms with Crippen molar-refractivity contribution in [2.45, 2.75) is 64.5 Å². The lowest BCUT2D eigenvalue weighted by Crippen LogP contribution is -2.45. The molecule has 0 bridgehead atoms. The van der Waals surface area contributed by atoms with Crippen LogP contribution in [0.15, 0.2) is 0 Å². The van der Waals surface area contributed by atoms with Gasteiger partial charge in [-0.3, -0.25) is 9.69 Å². The number of carboxylic acid groups (broad SMARTS) is 1. The fraction of sp³-hybridized carbons (Fsp3) is 0.929. The van der Waals surface area contributed by atoms with Gasteiger partial charge in [0.15, 0.2) is 0 Å². The summed E-state index contributed by atoms with van der Waals surface area (Å²) in [5.74, 6) is 0.919. The smallest absolute Gasteiger partial charge is 0.304 e. The van der Waals surface area contributed by atoms with Crippen molar-refractivity contribution in [3.8, 4) is 0 Å². The zero-order chi connectivity index (χ0) is 12.4. The van der Waals surface area contributed by atoms with Crippen LogP contribution in [-0.4, -0.2) is 34.6 Å². The molecule has 2 rings (SSSR count). The lowest BCUT2D eigenvalue weighted by molar-refractivity contribution is -0.137. The van der Waals surface area contributed by atoms with E-state index in [1.54, 1.807) is 0 Å². The Morgan fingerprint density at radius 3 is 2.47 bits per heavy atom. The first-order valence-corrected chi connectivity index (χ1v) is 7.05. The topological polar surface area (TPSA) is 40.5 Å². The van der Waals surface area contributed by atoms with Crippen molar-refractivity contribution in [3.05, 3.63) is 0 Å². The highest BCUT2D eigenvalue weighted by atomic mass is 16.4. The molecule has 3 unspecified atom stereocenters. The van der Waals surface area contributed by atoms with Crippen LogP contribution in [0.5, 0.6) is 0 Å². The Hall–Kier alpha value is -0.570. The van der Waals surface area contributed by atoms with E-state index < -0.39 is 5.97 Å². The molecule has 2 aliphatic carbocycles. The zero-order valence-electron chi connectivity index (χ0n) is 11.1. The summed E-state index contributed by atoms with van der Waals surface area (Å²) in [7, 11) is 0. The van der Waals surface area contributed by atoms with E-state index in [2.05, 4.69) is 18.7 Å². The molecule has 3 heteroatoms. The SMILES string of the molecule is CC1CCC(N(CCC(=O)O)C2CC2)C(C)C1. The minimum Gasteiger partial charge on any atom is -0.481 e. The summed E-state index contributed by atoms with van der Waals surface area (Å²) < 4.78 is 0. The summed E-state index contributed by atoms with van der Waals surface area (Å²) in [6, 6.07) is 1.33. The largest absolute Gasteiger partial charge is 0.481 e. The molecule has 2 aliphatic rings. The van der Waals surface area contributed by atoms with Gasteiger partial charge in [-0.15, -0.1) is 0 Å². The maximum Gasteiger partial charge on any atom is 0.304 e. The Kier molecular flexibility index (Phi) is 4.08. The molecule has 2 fully saturated rings. The molecule has 0 aliphatic heterocycles. The highest BCUT2D eigenvalue weighted by Gasteiger charge is 2.38. The van der Waals surface area contributed by atoms with Crippen molar-refractivity contribution in [1.29, 1.82) is 0 Å². The molecule has 0 radical (unpaired) electrons. The predicted octanol–water partition coefficient (Wildman–Crippen LogP) is 2.75. The fourth-order valence-corrected chi connectivity index (χ4v) is 3.39. The number of hydrogen-bond donors (Lipinski definition) is 1. The van der Waals surface area contributed by atoms with Gasteiger partial charge in [0, 0.05) is 18.6 Å². The standard InChI is InChI=1S/C14H25NO2/c1-10-3-6-13(11(2)9-10)15(12-4-5-12)8-7-14(16)17/h10-13H,3-9H2,1-2H3,(H,16,17). The van der Waals surface area contributed by atoms with Crippen molar-refractivity contribution in [2.75, 3.05) is 6.54 Å². The molecule has 0 aromatic rings. The first kappa shape index (κ1) is 12.9. The van der Waals surface area contributed by atoms with E-state index in [9.17, 15) is 4.79 Å². The van der Waals surface area contributed by atoms with Gasteiger partial charge < -0.3 is 5.11 Å². The van der Waals surface area contributed by atoms with Gasteiger partial charge >= 0.3 is 5.97 Å². The van der Waals surface area contributed by atoms with Crippen LogP contribution >= 0.6 is 0 Å². The molecule has 3 nitrogen and oxygen atoms in total. The number of hydrogen-bond acceptors (Lipinski definition) is 2. The summed E-state index contributed by atoms with van der Waals surface area (Å²) >= 11 is 0. The van der Waals surface area contributed by atoms with Crippen LogP contribution in [-0.2, 0) is 4.79 Å². The minimum absolute atomic E-state index is 0.301. The molecule has 1 N–H and O–H groups in total. The van der Waals surface area contributed by atoms with E-state index >= 15 is 0 Å². The molecule has 0 spiro atoms. The lowest BCUT2D eigenvalue weighted by atomic mass is 9.79. The van der Waals surface area contributed by atoms with Crippen molar-refractivity contribution in [1.82, 2.24) is 4.90 Å². The molecule has 17 heavy (non-hydrogen) atoms. The molecular formula is C14H25NO2. The van der Waals surface area contributed by atoms with E-state index in [0.29, 0.717) is 18.5 Å². The Balaban J connectivity index is 1.92. The van der Waals surface area contributed by atoms with Crippen LogP contribution in [0.2, 0.25) is 0 Å². The second-order valence-electron chi connectivity index (χ2n) is 6.08. The van der Waals surface area contributed by atoms with Gasteiger partial charge in [0.25, 0.3) is 0 Å². The quantitative estimate of drug-likeness (QED) is 0.802. The number of carbonyl (C=O) groups is 1. The molecule has 0 aromatic heterocycles. The molecule has 3 atom stereocenters. The Morgan fingerprint density at radius 2 is 1.94 bits per heavy atom. The fourth-order valence-electron chi connectivity index (χ4n) is 3.39. The first-order valence-electron chi connectivity index (χ1n) is 7.05. The molecule has 2 saturated carbocycles. The average molecular weight is 239 g/mol. The third-order valence-electron chi connectivity index (χ3n) is 4.41. The second kappa shape index (κ2) is 5.38. The zero-order valence-corrected chi connectivity index (χ0v) is 11.1. The normalized spacial score (nSPS) is 33.9. The molecule has 0 saturated heterocycles. The third-order valence-corrected chi connectivity index (χ3v) is 4.41. The average Bonchev–Trinajstić information content (AvgIpc) is 3.04. The van der Waals surface area contributed by atoms with Crippen molar-refractivity contribution >= 4 is 5.97 Å². The van der Waals surface area contributed by atoms with E-state index in [4.69, 9.17) is 5.11 Å². The molecule has 98 valence electrons. The highest BCUT2D eigenvalue weighted by Crippen LogP contribution is 2.37. The number of aliphatic carboxylic acids is 1.